The topological polar surface area (TPSA) is 86.8 Å². The second-order valence-electron chi connectivity index (χ2n) is 7.96. The zero-order chi connectivity index (χ0) is 26.3. The summed E-state index contributed by atoms with van der Waals surface area (Å²) in [5.41, 5.74) is 0.716. The minimum Gasteiger partial charge on any atom is -0.357 e. The number of hydrogen-bond donors (Lipinski definition) is 1. The van der Waals surface area contributed by atoms with Crippen LogP contribution in [0.3, 0.4) is 0 Å². The van der Waals surface area contributed by atoms with Crippen LogP contribution in [0.25, 0.3) is 0 Å². The molecule has 3 aromatic rings. The van der Waals surface area contributed by atoms with Gasteiger partial charge >= 0.3 is 0 Å². The summed E-state index contributed by atoms with van der Waals surface area (Å²) < 4.78 is 41.7. The maximum atomic E-state index is 13.7. The molecule has 7 nitrogen and oxygen atoms in total. The molecular weight excluding hydrogens is 505 g/mol. The van der Waals surface area contributed by atoms with Gasteiger partial charge in [0.15, 0.2) is 0 Å². The van der Waals surface area contributed by atoms with E-state index >= 15 is 0 Å². The Morgan fingerprint density at radius 2 is 1.58 bits per heavy atom. The second-order valence-corrected chi connectivity index (χ2v) is 10.2. The lowest BCUT2D eigenvalue weighted by Crippen LogP contribution is -2.51. The number of carbonyl (C=O) groups excluding carboxylic acids is 2. The molecule has 0 aromatic heterocycles. The molecule has 0 saturated carbocycles. The molecule has 0 radical (unpaired) electrons. The minimum atomic E-state index is -4.19. The molecule has 0 aliphatic carbocycles. The Morgan fingerprint density at radius 1 is 0.972 bits per heavy atom. The molecule has 0 fully saturated rings. The van der Waals surface area contributed by atoms with E-state index in [1.165, 1.54) is 60.5 Å². The summed E-state index contributed by atoms with van der Waals surface area (Å²) >= 11 is 6.35. The number of hydrogen-bond acceptors (Lipinski definition) is 4. The number of sulfonamides is 1. The first-order chi connectivity index (χ1) is 17.2. The summed E-state index contributed by atoms with van der Waals surface area (Å²) in [4.78, 5) is 27.7. The van der Waals surface area contributed by atoms with E-state index in [1.54, 1.807) is 37.3 Å². The third-order valence-electron chi connectivity index (χ3n) is 5.63. The molecule has 0 aliphatic heterocycles. The highest BCUT2D eigenvalue weighted by molar-refractivity contribution is 7.92. The van der Waals surface area contributed by atoms with Crippen molar-refractivity contribution in [3.63, 3.8) is 0 Å². The maximum absolute atomic E-state index is 13.7. The van der Waals surface area contributed by atoms with E-state index in [2.05, 4.69) is 5.32 Å². The molecule has 0 spiro atoms. The highest BCUT2D eigenvalue weighted by Crippen LogP contribution is 2.30. The van der Waals surface area contributed by atoms with E-state index < -0.39 is 40.2 Å². The van der Waals surface area contributed by atoms with Gasteiger partial charge in [-0.05, 0) is 48.4 Å². The van der Waals surface area contributed by atoms with Crippen LogP contribution < -0.4 is 9.62 Å². The van der Waals surface area contributed by atoms with E-state index in [9.17, 15) is 22.4 Å². The van der Waals surface area contributed by atoms with Crippen molar-refractivity contribution in [1.29, 1.82) is 0 Å². The highest BCUT2D eigenvalue weighted by atomic mass is 35.5. The molecule has 1 atom stereocenters. The van der Waals surface area contributed by atoms with Crippen molar-refractivity contribution >= 4 is 39.1 Å². The smallest absolute Gasteiger partial charge is 0.264 e. The van der Waals surface area contributed by atoms with Gasteiger partial charge in [0.1, 0.15) is 18.4 Å². The first kappa shape index (κ1) is 27.2. The highest BCUT2D eigenvalue weighted by Gasteiger charge is 2.34. The van der Waals surface area contributed by atoms with E-state index in [0.29, 0.717) is 5.56 Å². The average molecular weight is 532 g/mol. The summed E-state index contributed by atoms with van der Waals surface area (Å²) in [5.74, 6) is -1.45. The Balaban J connectivity index is 2.05. The Labute approximate surface area is 215 Å². The number of halogens is 2. The van der Waals surface area contributed by atoms with Gasteiger partial charge in [0.2, 0.25) is 11.8 Å². The van der Waals surface area contributed by atoms with Crippen molar-refractivity contribution in [2.24, 2.45) is 0 Å². The van der Waals surface area contributed by atoms with Crippen molar-refractivity contribution in [3.05, 3.63) is 95.3 Å². The SMILES string of the molecule is CC[C@@H](C(=O)NC)N(Cc1ccc(F)cc1)C(=O)CN(c1ccccc1Cl)S(=O)(=O)c1ccccc1. The van der Waals surface area contributed by atoms with Gasteiger partial charge in [-0.25, -0.2) is 12.8 Å². The number of likely N-dealkylation sites (N-methyl/N-ethyl adjacent to an activating group) is 1. The number of anilines is 1. The minimum absolute atomic E-state index is 0.0128. The van der Waals surface area contributed by atoms with Gasteiger partial charge in [0.25, 0.3) is 10.0 Å². The fourth-order valence-corrected chi connectivity index (χ4v) is 5.50. The monoisotopic (exact) mass is 531 g/mol. The first-order valence-electron chi connectivity index (χ1n) is 11.3. The summed E-state index contributed by atoms with van der Waals surface area (Å²) in [5, 5.41) is 2.70. The van der Waals surface area contributed by atoms with Crippen LogP contribution in [0.15, 0.2) is 83.8 Å². The van der Waals surface area contributed by atoms with Gasteiger partial charge in [-0.1, -0.05) is 61.0 Å². The lowest BCUT2D eigenvalue weighted by molar-refractivity contribution is -0.140. The van der Waals surface area contributed by atoms with Crippen molar-refractivity contribution < 1.29 is 22.4 Å². The van der Waals surface area contributed by atoms with E-state index in [-0.39, 0.29) is 28.6 Å². The molecule has 0 saturated heterocycles. The van der Waals surface area contributed by atoms with E-state index in [0.717, 1.165) is 4.31 Å². The van der Waals surface area contributed by atoms with Gasteiger partial charge in [0, 0.05) is 13.6 Å². The average Bonchev–Trinajstić information content (AvgIpc) is 2.89. The van der Waals surface area contributed by atoms with Gasteiger partial charge < -0.3 is 10.2 Å². The molecule has 190 valence electrons. The Kier molecular flexibility index (Phi) is 9.06. The molecule has 10 heteroatoms. The molecule has 2 amide bonds. The van der Waals surface area contributed by atoms with Crippen LogP contribution in [-0.4, -0.2) is 44.8 Å². The molecule has 36 heavy (non-hydrogen) atoms. The van der Waals surface area contributed by atoms with Crippen LogP contribution in [0.2, 0.25) is 5.02 Å². The van der Waals surface area contributed by atoms with Crippen molar-refractivity contribution in [3.8, 4) is 0 Å². The maximum Gasteiger partial charge on any atom is 0.264 e. The molecule has 0 heterocycles. The van der Waals surface area contributed by atoms with E-state index in [4.69, 9.17) is 11.6 Å². The van der Waals surface area contributed by atoms with Crippen LogP contribution in [0.4, 0.5) is 10.1 Å². The predicted octanol–water partition coefficient (Wildman–Crippen LogP) is 4.23. The zero-order valence-electron chi connectivity index (χ0n) is 19.9. The molecular formula is C26H27ClFN3O4S. The van der Waals surface area contributed by atoms with Crippen molar-refractivity contribution in [2.45, 2.75) is 30.8 Å². The molecule has 3 aromatic carbocycles. The number of nitrogens with one attached hydrogen (secondary N) is 1. The van der Waals surface area contributed by atoms with Gasteiger partial charge in [-0.3, -0.25) is 13.9 Å². The fraction of sp³-hybridized carbons (Fsp3) is 0.231. The Morgan fingerprint density at radius 3 is 2.17 bits per heavy atom. The van der Waals surface area contributed by atoms with Gasteiger partial charge in [-0.2, -0.15) is 0 Å². The first-order valence-corrected chi connectivity index (χ1v) is 13.1. The third kappa shape index (κ3) is 6.22. The third-order valence-corrected chi connectivity index (χ3v) is 7.72. The molecule has 0 aliphatic rings. The number of benzene rings is 3. The van der Waals surface area contributed by atoms with Gasteiger partial charge in [0.05, 0.1) is 15.6 Å². The summed E-state index contributed by atoms with van der Waals surface area (Å²) in [6.07, 6.45) is 0.282. The molecule has 3 rings (SSSR count). The Hall–Kier alpha value is -3.43. The van der Waals surface area contributed by atoms with Crippen LogP contribution in [0.5, 0.6) is 0 Å². The number of nitrogens with zero attached hydrogens (tertiary/aromatic N) is 2. The number of rotatable bonds is 10. The van der Waals surface area contributed by atoms with Crippen LogP contribution in [0, 0.1) is 5.82 Å². The Bertz CT molecular complexity index is 1300. The fourth-order valence-electron chi connectivity index (χ4n) is 3.76. The lowest BCUT2D eigenvalue weighted by Gasteiger charge is -2.33. The predicted molar refractivity (Wildman–Crippen MR) is 138 cm³/mol. The molecule has 1 N–H and O–H groups in total. The molecule has 0 unspecified atom stereocenters. The largest absolute Gasteiger partial charge is 0.357 e. The quantitative estimate of drug-likeness (QED) is 0.424. The number of amides is 2. The van der Waals surface area contributed by atoms with Gasteiger partial charge in [-0.15, -0.1) is 0 Å². The normalized spacial score (nSPS) is 12.0. The molecule has 0 bridgehead atoms. The lowest BCUT2D eigenvalue weighted by atomic mass is 10.1. The van der Waals surface area contributed by atoms with Crippen molar-refractivity contribution in [1.82, 2.24) is 10.2 Å². The number of carbonyl (C=O) groups is 2. The zero-order valence-corrected chi connectivity index (χ0v) is 21.5. The van der Waals surface area contributed by atoms with Crippen LogP contribution >= 0.6 is 11.6 Å². The second kappa shape index (κ2) is 12.0. The number of para-hydroxylation sites is 1. The summed E-state index contributed by atoms with van der Waals surface area (Å²) in [7, 11) is -2.73. The van der Waals surface area contributed by atoms with E-state index in [1.807, 2.05) is 0 Å². The summed E-state index contributed by atoms with van der Waals surface area (Å²) in [6, 6.07) is 18.7. The van der Waals surface area contributed by atoms with Crippen LogP contribution in [0.1, 0.15) is 18.9 Å². The summed E-state index contributed by atoms with van der Waals surface area (Å²) in [6.45, 7) is 1.12. The standard InChI is InChI=1S/C26H27ClFN3O4S/c1-3-23(26(33)29-2)30(17-19-13-15-20(28)16-14-19)25(32)18-31(24-12-8-7-11-22(24)27)36(34,35)21-9-5-4-6-10-21/h4-16,23H,3,17-18H2,1-2H3,(H,29,33)/t23-/m0/s1. The van der Waals surface area contributed by atoms with Crippen LogP contribution in [-0.2, 0) is 26.2 Å². The van der Waals surface area contributed by atoms with Crippen molar-refractivity contribution in [2.75, 3.05) is 17.9 Å².